The van der Waals surface area contributed by atoms with Crippen LogP contribution in [0.15, 0.2) is 41.0 Å². The zero-order valence-corrected chi connectivity index (χ0v) is 13.8. The Hall–Kier alpha value is -3.29. The van der Waals surface area contributed by atoms with Gasteiger partial charge in [0.15, 0.2) is 6.61 Å². The standard InChI is InChI=1S/C17H18N2O6/c1-11-5-6-12(8-14(11)23-2)16(21)25-10-15(20)19-17(22)18-9-13-4-3-7-24-13/h3-8H,9-10H2,1-2H3,(H2,18,19,20,22). The van der Waals surface area contributed by atoms with E-state index in [0.29, 0.717) is 11.5 Å². The normalized spacial score (nSPS) is 10.0. The molecule has 0 saturated heterocycles. The van der Waals surface area contributed by atoms with E-state index in [2.05, 4.69) is 5.32 Å². The van der Waals surface area contributed by atoms with Gasteiger partial charge in [-0.15, -0.1) is 0 Å². The van der Waals surface area contributed by atoms with Crippen molar-refractivity contribution >= 4 is 17.9 Å². The van der Waals surface area contributed by atoms with Gasteiger partial charge in [0.1, 0.15) is 11.5 Å². The van der Waals surface area contributed by atoms with Crippen LogP contribution >= 0.6 is 0 Å². The van der Waals surface area contributed by atoms with Gasteiger partial charge < -0.3 is 19.2 Å². The lowest BCUT2D eigenvalue weighted by atomic mass is 10.1. The Bertz CT molecular complexity index is 755. The number of imide groups is 1. The van der Waals surface area contributed by atoms with Crippen molar-refractivity contribution in [3.8, 4) is 5.75 Å². The Morgan fingerprint density at radius 3 is 2.68 bits per heavy atom. The molecular weight excluding hydrogens is 328 g/mol. The lowest BCUT2D eigenvalue weighted by Gasteiger charge is -2.08. The van der Waals surface area contributed by atoms with E-state index in [4.69, 9.17) is 13.9 Å². The molecule has 0 atom stereocenters. The van der Waals surface area contributed by atoms with Crippen molar-refractivity contribution in [3.63, 3.8) is 0 Å². The topological polar surface area (TPSA) is 107 Å². The Morgan fingerprint density at radius 2 is 2.00 bits per heavy atom. The first-order valence-corrected chi connectivity index (χ1v) is 7.41. The van der Waals surface area contributed by atoms with Gasteiger partial charge >= 0.3 is 12.0 Å². The number of carbonyl (C=O) groups is 3. The Balaban J connectivity index is 1.77. The van der Waals surface area contributed by atoms with Gasteiger partial charge in [-0.3, -0.25) is 10.1 Å². The lowest BCUT2D eigenvalue weighted by molar-refractivity contribution is -0.123. The molecule has 0 radical (unpaired) electrons. The first kappa shape index (κ1) is 18.1. The molecular formula is C17H18N2O6. The number of hydrogen-bond donors (Lipinski definition) is 2. The van der Waals surface area contributed by atoms with E-state index in [1.807, 2.05) is 12.2 Å². The molecule has 0 spiro atoms. The molecule has 3 amide bonds. The van der Waals surface area contributed by atoms with Crippen LogP contribution in [0.1, 0.15) is 21.7 Å². The van der Waals surface area contributed by atoms with E-state index < -0.39 is 24.5 Å². The first-order chi connectivity index (χ1) is 12.0. The average molecular weight is 346 g/mol. The maximum Gasteiger partial charge on any atom is 0.338 e. The number of urea groups is 1. The van der Waals surface area contributed by atoms with Crippen molar-refractivity contribution in [1.29, 1.82) is 0 Å². The summed E-state index contributed by atoms with van der Waals surface area (Å²) in [6.07, 6.45) is 1.47. The molecule has 2 aromatic rings. The molecule has 0 aliphatic heterocycles. The predicted octanol–water partition coefficient (Wildman–Crippen LogP) is 1.78. The highest BCUT2D eigenvalue weighted by Gasteiger charge is 2.14. The molecule has 1 aromatic heterocycles. The molecule has 0 saturated carbocycles. The van der Waals surface area contributed by atoms with Crippen LogP contribution in [0.3, 0.4) is 0 Å². The quantitative estimate of drug-likeness (QED) is 0.772. The predicted molar refractivity (Wildman–Crippen MR) is 87.1 cm³/mol. The van der Waals surface area contributed by atoms with E-state index in [0.717, 1.165) is 5.56 Å². The SMILES string of the molecule is COc1cc(C(=O)OCC(=O)NC(=O)NCc2ccco2)ccc1C. The van der Waals surface area contributed by atoms with Crippen LogP contribution in [0.25, 0.3) is 0 Å². The molecule has 1 heterocycles. The number of benzene rings is 1. The molecule has 0 bridgehead atoms. The van der Waals surface area contributed by atoms with Crippen LogP contribution in [0.2, 0.25) is 0 Å². The van der Waals surface area contributed by atoms with E-state index in [-0.39, 0.29) is 12.1 Å². The van der Waals surface area contributed by atoms with Crippen LogP contribution in [0, 0.1) is 6.92 Å². The number of esters is 1. The van der Waals surface area contributed by atoms with Crippen molar-refractivity contribution in [2.24, 2.45) is 0 Å². The minimum atomic E-state index is -0.746. The van der Waals surface area contributed by atoms with Gasteiger partial charge in [-0.05, 0) is 36.8 Å². The zero-order chi connectivity index (χ0) is 18.2. The highest BCUT2D eigenvalue weighted by molar-refractivity contribution is 5.97. The maximum absolute atomic E-state index is 11.9. The summed E-state index contributed by atoms with van der Waals surface area (Å²) >= 11 is 0. The number of nitrogens with one attached hydrogen (secondary N) is 2. The zero-order valence-electron chi connectivity index (χ0n) is 13.8. The number of carbonyl (C=O) groups excluding carboxylic acids is 3. The van der Waals surface area contributed by atoms with E-state index in [9.17, 15) is 14.4 Å². The van der Waals surface area contributed by atoms with Gasteiger partial charge in [0.25, 0.3) is 5.91 Å². The molecule has 8 heteroatoms. The third-order valence-electron chi connectivity index (χ3n) is 3.23. The third-order valence-corrected chi connectivity index (χ3v) is 3.23. The van der Waals surface area contributed by atoms with Crippen LogP contribution in [-0.2, 0) is 16.1 Å². The number of ether oxygens (including phenoxy) is 2. The van der Waals surface area contributed by atoms with Crippen LogP contribution in [-0.4, -0.2) is 31.6 Å². The Morgan fingerprint density at radius 1 is 1.20 bits per heavy atom. The minimum Gasteiger partial charge on any atom is -0.496 e. The summed E-state index contributed by atoms with van der Waals surface area (Å²) in [5, 5.41) is 4.48. The Labute approximate surface area is 144 Å². The smallest absolute Gasteiger partial charge is 0.338 e. The van der Waals surface area contributed by atoms with Crippen molar-refractivity contribution in [1.82, 2.24) is 10.6 Å². The van der Waals surface area contributed by atoms with Crippen molar-refractivity contribution in [2.45, 2.75) is 13.5 Å². The van der Waals surface area contributed by atoms with E-state index >= 15 is 0 Å². The van der Waals surface area contributed by atoms with Crippen molar-refractivity contribution in [2.75, 3.05) is 13.7 Å². The molecule has 0 unspecified atom stereocenters. The second kappa shape index (κ2) is 8.53. The molecule has 0 aliphatic carbocycles. The van der Waals surface area contributed by atoms with Gasteiger partial charge in [-0.1, -0.05) is 6.07 Å². The summed E-state index contributed by atoms with van der Waals surface area (Å²) in [5.41, 5.74) is 1.11. The van der Waals surface area contributed by atoms with Gasteiger partial charge in [0, 0.05) is 0 Å². The highest BCUT2D eigenvalue weighted by Crippen LogP contribution is 2.19. The van der Waals surface area contributed by atoms with E-state index in [1.165, 1.54) is 19.4 Å². The maximum atomic E-state index is 11.9. The molecule has 2 N–H and O–H groups in total. The summed E-state index contributed by atoms with van der Waals surface area (Å²) in [4.78, 5) is 35.1. The second-order valence-corrected chi connectivity index (χ2v) is 5.07. The molecule has 25 heavy (non-hydrogen) atoms. The number of amides is 3. The molecule has 8 nitrogen and oxygen atoms in total. The van der Waals surface area contributed by atoms with Crippen molar-refractivity contribution < 1.29 is 28.3 Å². The number of hydrogen-bond acceptors (Lipinski definition) is 6. The third kappa shape index (κ3) is 5.38. The molecule has 0 aliphatic rings. The van der Waals surface area contributed by atoms with Gasteiger partial charge in [-0.2, -0.15) is 0 Å². The summed E-state index contributed by atoms with van der Waals surface area (Å²) in [7, 11) is 1.49. The van der Waals surface area contributed by atoms with E-state index in [1.54, 1.807) is 24.3 Å². The Kier molecular flexibility index (Phi) is 6.16. The monoisotopic (exact) mass is 346 g/mol. The summed E-state index contributed by atoms with van der Waals surface area (Å²) in [6.45, 7) is 1.39. The second-order valence-electron chi connectivity index (χ2n) is 5.07. The van der Waals surface area contributed by atoms with Gasteiger partial charge in [0.05, 0.1) is 25.5 Å². The number of furan rings is 1. The summed E-state index contributed by atoms with van der Waals surface area (Å²) in [5.74, 6) is -0.354. The van der Waals surface area contributed by atoms with Crippen LogP contribution in [0.4, 0.5) is 4.79 Å². The summed E-state index contributed by atoms with van der Waals surface area (Å²) in [6, 6.07) is 7.44. The average Bonchev–Trinajstić information content (AvgIpc) is 3.12. The van der Waals surface area contributed by atoms with Gasteiger partial charge in [-0.25, -0.2) is 9.59 Å². The fraction of sp³-hybridized carbons (Fsp3) is 0.235. The highest BCUT2D eigenvalue weighted by atomic mass is 16.5. The lowest BCUT2D eigenvalue weighted by Crippen LogP contribution is -2.41. The molecule has 2 rings (SSSR count). The fourth-order valence-corrected chi connectivity index (χ4v) is 1.95. The molecule has 0 fully saturated rings. The number of aryl methyl sites for hydroxylation is 1. The number of methoxy groups -OCH3 is 1. The van der Waals surface area contributed by atoms with Crippen LogP contribution in [0.5, 0.6) is 5.75 Å². The summed E-state index contributed by atoms with van der Waals surface area (Å²) < 4.78 is 15.0. The van der Waals surface area contributed by atoms with Crippen molar-refractivity contribution in [3.05, 3.63) is 53.5 Å². The molecule has 1 aromatic carbocycles. The fourth-order valence-electron chi connectivity index (χ4n) is 1.95. The van der Waals surface area contributed by atoms with Gasteiger partial charge in [0.2, 0.25) is 0 Å². The van der Waals surface area contributed by atoms with Crippen LogP contribution < -0.4 is 15.4 Å². The largest absolute Gasteiger partial charge is 0.496 e. The number of rotatable bonds is 6. The molecule has 132 valence electrons. The minimum absolute atomic E-state index is 0.134. The first-order valence-electron chi connectivity index (χ1n) is 7.41.